The van der Waals surface area contributed by atoms with Gasteiger partial charge in [0.15, 0.2) is 0 Å². The van der Waals surface area contributed by atoms with Gasteiger partial charge in [-0.15, -0.1) is 11.3 Å². The normalized spacial score (nSPS) is 16.3. The van der Waals surface area contributed by atoms with Gasteiger partial charge in [0.1, 0.15) is 0 Å². The molecule has 2 heterocycles. The van der Waals surface area contributed by atoms with Crippen LogP contribution in [0.15, 0.2) is 47.8 Å². The van der Waals surface area contributed by atoms with Gasteiger partial charge in [-0.3, -0.25) is 9.59 Å². The molecule has 144 valence electrons. The highest BCUT2D eigenvalue weighted by molar-refractivity contribution is 7.12. The molecule has 0 radical (unpaired) electrons. The monoisotopic (exact) mass is 385 g/mol. The Morgan fingerprint density at radius 2 is 1.85 bits per heavy atom. The van der Waals surface area contributed by atoms with E-state index in [2.05, 4.69) is 22.3 Å². The first kappa shape index (κ1) is 19.6. The molecule has 0 bridgehead atoms. The SMILES string of the molecule is CN(C)C(CNC(=O)C1CCN(C(=O)c2cccs2)CC1)c1ccccc1. The highest BCUT2D eigenvalue weighted by atomic mass is 32.1. The van der Waals surface area contributed by atoms with Gasteiger partial charge in [0.25, 0.3) is 5.91 Å². The van der Waals surface area contributed by atoms with Crippen LogP contribution in [-0.2, 0) is 4.79 Å². The van der Waals surface area contributed by atoms with Crippen LogP contribution in [0.25, 0.3) is 0 Å². The number of carbonyl (C=O) groups is 2. The molecule has 1 atom stereocenters. The molecule has 1 aromatic heterocycles. The molecule has 1 aliphatic heterocycles. The summed E-state index contributed by atoms with van der Waals surface area (Å²) in [7, 11) is 4.05. The number of amides is 2. The molecule has 1 unspecified atom stereocenters. The van der Waals surface area contributed by atoms with Crippen LogP contribution in [0.4, 0.5) is 0 Å². The fourth-order valence-corrected chi connectivity index (χ4v) is 4.21. The maximum absolute atomic E-state index is 12.6. The molecular formula is C21H27N3O2S. The molecule has 1 fully saturated rings. The van der Waals surface area contributed by atoms with Crippen molar-refractivity contribution in [3.8, 4) is 0 Å². The van der Waals surface area contributed by atoms with E-state index in [1.165, 1.54) is 16.9 Å². The van der Waals surface area contributed by atoms with Crippen molar-refractivity contribution in [2.24, 2.45) is 5.92 Å². The van der Waals surface area contributed by atoms with Crippen LogP contribution < -0.4 is 5.32 Å². The van der Waals surface area contributed by atoms with Crippen molar-refractivity contribution in [3.63, 3.8) is 0 Å². The third kappa shape index (κ3) is 4.96. The van der Waals surface area contributed by atoms with Crippen molar-refractivity contribution in [1.29, 1.82) is 0 Å². The predicted molar refractivity (Wildman–Crippen MR) is 109 cm³/mol. The predicted octanol–water partition coefficient (Wildman–Crippen LogP) is 3.02. The van der Waals surface area contributed by atoms with E-state index < -0.39 is 0 Å². The summed E-state index contributed by atoms with van der Waals surface area (Å²) in [4.78, 5) is 29.8. The lowest BCUT2D eigenvalue weighted by atomic mass is 9.95. The number of piperidine rings is 1. The Morgan fingerprint density at radius 3 is 2.44 bits per heavy atom. The Balaban J connectivity index is 1.50. The molecule has 6 heteroatoms. The smallest absolute Gasteiger partial charge is 0.263 e. The van der Waals surface area contributed by atoms with Crippen molar-refractivity contribution in [2.45, 2.75) is 18.9 Å². The number of hydrogen-bond acceptors (Lipinski definition) is 4. The van der Waals surface area contributed by atoms with Crippen LogP contribution in [0.5, 0.6) is 0 Å². The number of carbonyl (C=O) groups excluding carboxylic acids is 2. The summed E-state index contributed by atoms with van der Waals surface area (Å²) in [6, 6.07) is 14.1. The van der Waals surface area contributed by atoms with E-state index in [-0.39, 0.29) is 23.8 Å². The molecule has 1 aliphatic rings. The van der Waals surface area contributed by atoms with Gasteiger partial charge in [-0.2, -0.15) is 0 Å². The first-order valence-corrected chi connectivity index (χ1v) is 10.3. The van der Waals surface area contributed by atoms with Crippen LogP contribution in [0.1, 0.15) is 34.1 Å². The Labute approximate surface area is 165 Å². The molecule has 0 saturated carbocycles. The first-order chi connectivity index (χ1) is 13.1. The van der Waals surface area contributed by atoms with E-state index >= 15 is 0 Å². The minimum atomic E-state index is -0.0176. The van der Waals surface area contributed by atoms with Crippen molar-refractivity contribution in [1.82, 2.24) is 15.1 Å². The van der Waals surface area contributed by atoms with E-state index in [4.69, 9.17) is 0 Å². The number of likely N-dealkylation sites (N-methyl/N-ethyl adjacent to an activating group) is 1. The van der Waals surface area contributed by atoms with E-state index in [1.54, 1.807) is 0 Å². The number of rotatable bonds is 6. The summed E-state index contributed by atoms with van der Waals surface area (Å²) in [5.41, 5.74) is 1.19. The number of nitrogens with zero attached hydrogens (tertiary/aromatic N) is 2. The van der Waals surface area contributed by atoms with Crippen molar-refractivity contribution >= 4 is 23.2 Å². The Kier molecular flexibility index (Phi) is 6.63. The largest absolute Gasteiger partial charge is 0.354 e. The number of thiophene rings is 1. The van der Waals surface area contributed by atoms with Gasteiger partial charge < -0.3 is 15.1 Å². The van der Waals surface area contributed by atoms with Crippen molar-refractivity contribution in [3.05, 3.63) is 58.3 Å². The van der Waals surface area contributed by atoms with Gasteiger partial charge in [-0.05, 0) is 43.9 Å². The molecule has 0 aliphatic carbocycles. The molecule has 27 heavy (non-hydrogen) atoms. The topological polar surface area (TPSA) is 52.7 Å². The van der Waals surface area contributed by atoms with Crippen LogP contribution in [0.3, 0.4) is 0 Å². The van der Waals surface area contributed by atoms with Crippen LogP contribution in [0, 0.1) is 5.92 Å². The molecule has 1 N–H and O–H groups in total. The second kappa shape index (κ2) is 9.15. The molecule has 2 amide bonds. The fraction of sp³-hybridized carbons (Fsp3) is 0.429. The molecule has 2 aromatic rings. The second-order valence-electron chi connectivity index (χ2n) is 7.18. The lowest BCUT2D eigenvalue weighted by Crippen LogP contribution is -2.44. The molecular weight excluding hydrogens is 358 g/mol. The van der Waals surface area contributed by atoms with Gasteiger partial charge in [0, 0.05) is 25.6 Å². The zero-order chi connectivity index (χ0) is 19.2. The number of nitrogens with one attached hydrogen (secondary N) is 1. The molecule has 0 spiro atoms. The van der Waals surface area contributed by atoms with E-state index in [0.717, 1.165) is 17.7 Å². The number of benzene rings is 1. The van der Waals surface area contributed by atoms with Crippen LogP contribution >= 0.6 is 11.3 Å². The van der Waals surface area contributed by atoms with Gasteiger partial charge in [-0.1, -0.05) is 36.4 Å². The lowest BCUT2D eigenvalue weighted by molar-refractivity contribution is -0.126. The molecule has 5 nitrogen and oxygen atoms in total. The van der Waals surface area contributed by atoms with Gasteiger partial charge >= 0.3 is 0 Å². The second-order valence-corrected chi connectivity index (χ2v) is 8.13. The van der Waals surface area contributed by atoms with Gasteiger partial charge in [0.2, 0.25) is 5.91 Å². The molecule has 1 aromatic carbocycles. The minimum absolute atomic E-state index is 0.0176. The van der Waals surface area contributed by atoms with E-state index in [9.17, 15) is 9.59 Å². The zero-order valence-electron chi connectivity index (χ0n) is 15.9. The maximum Gasteiger partial charge on any atom is 0.263 e. The van der Waals surface area contributed by atoms with Crippen LogP contribution in [-0.4, -0.2) is 55.3 Å². The highest BCUT2D eigenvalue weighted by Crippen LogP contribution is 2.22. The van der Waals surface area contributed by atoms with Crippen LogP contribution in [0.2, 0.25) is 0 Å². The van der Waals surface area contributed by atoms with Crippen molar-refractivity contribution < 1.29 is 9.59 Å². The fourth-order valence-electron chi connectivity index (χ4n) is 3.52. The van der Waals surface area contributed by atoms with Gasteiger partial charge in [-0.25, -0.2) is 0 Å². The quantitative estimate of drug-likeness (QED) is 0.832. The Bertz CT molecular complexity index is 738. The average Bonchev–Trinajstić information content (AvgIpc) is 3.23. The summed E-state index contributed by atoms with van der Waals surface area (Å²) >= 11 is 1.47. The van der Waals surface area contributed by atoms with Gasteiger partial charge in [0.05, 0.1) is 10.9 Å². The minimum Gasteiger partial charge on any atom is -0.354 e. The summed E-state index contributed by atoms with van der Waals surface area (Å²) in [5.74, 6) is 0.164. The maximum atomic E-state index is 12.6. The summed E-state index contributed by atoms with van der Waals surface area (Å²) in [6.45, 7) is 1.87. The van der Waals surface area contributed by atoms with E-state index in [0.29, 0.717) is 19.6 Å². The third-order valence-corrected chi connectivity index (χ3v) is 6.02. The summed E-state index contributed by atoms with van der Waals surface area (Å²) in [6.07, 6.45) is 1.45. The van der Waals surface area contributed by atoms with E-state index in [1.807, 2.05) is 54.7 Å². The highest BCUT2D eigenvalue weighted by Gasteiger charge is 2.28. The standard InChI is InChI=1S/C21H27N3O2S/c1-23(2)18(16-7-4-3-5-8-16)15-22-20(25)17-10-12-24(13-11-17)21(26)19-9-6-14-27-19/h3-9,14,17-18H,10-13,15H2,1-2H3,(H,22,25). The summed E-state index contributed by atoms with van der Waals surface area (Å²) < 4.78 is 0. The number of hydrogen-bond donors (Lipinski definition) is 1. The zero-order valence-corrected chi connectivity index (χ0v) is 16.7. The third-order valence-electron chi connectivity index (χ3n) is 5.16. The lowest BCUT2D eigenvalue weighted by Gasteiger charge is -2.32. The first-order valence-electron chi connectivity index (χ1n) is 9.38. The molecule has 3 rings (SSSR count). The molecule has 1 saturated heterocycles. The Morgan fingerprint density at radius 1 is 1.15 bits per heavy atom. The summed E-state index contributed by atoms with van der Waals surface area (Å²) in [5, 5.41) is 5.04. The average molecular weight is 386 g/mol. The Hall–Kier alpha value is -2.18. The van der Waals surface area contributed by atoms with Crippen molar-refractivity contribution in [2.75, 3.05) is 33.7 Å². The number of likely N-dealkylation sites (tertiary alicyclic amines) is 1.